The lowest BCUT2D eigenvalue weighted by Gasteiger charge is -2.10. The highest BCUT2D eigenvalue weighted by molar-refractivity contribution is 5.90. The van der Waals surface area contributed by atoms with E-state index in [0.29, 0.717) is 5.92 Å². The molecule has 0 saturated heterocycles. The molecule has 25 heavy (non-hydrogen) atoms. The third-order valence-electron chi connectivity index (χ3n) is 4.61. The summed E-state index contributed by atoms with van der Waals surface area (Å²) >= 11 is 0. The molecule has 0 unspecified atom stereocenters. The monoisotopic (exact) mass is 330 g/mol. The van der Waals surface area contributed by atoms with Crippen molar-refractivity contribution >= 4 is 16.6 Å². The molecule has 4 nitrogen and oxygen atoms in total. The first-order valence-electron chi connectivity index (χ1n) is 8.80. The second-order valence-corrected chi connectivity index (χ2v) is 7.06. The van der Waals surface area contributed by atoms with Gasteiger partial charge in [0, 0.05) is 11.3 Å². The van der Waals surface area contributed by atoms with E-state index in [1.165, 1.54) is 11.1 Å². The third-order valence-corrected chi connectivity index (χ3v) is 4.61. The predicted octanol–water partition coefficient (Wildman–Crippen LogP) is 4.63. The quantitative estimate of drug-likeness (QED) is 0.548. The Bertz CT molecular complexity index is 1020. The van der Waals surface area contributed by atoms with Gasteiger partial charge in [0.15, 0.2) is 11.5 Å². The molecule has 0 aliphatic rings. The van der Waals surface area contributed by atoms with Gasteiger partial charge >= 0.3 is 0 Å². The lowest BCUT2D eigenvalue weighted by atomic mass is 9.96. The van der Waals surface area contributed by atoms with E-state index in [9.17, 15) is 0 Å². The number of hydrogen-bond donors (Lipinski definition) is 0. The highest BCUT2D eigenvalue weighted by atomic mass is 15.3. The standard InChI is InChI=1S/C21H22N4/c1-14(2)12-16-8-10-17(11-9-16)15(3)20-23-21-18-6-4-5-7-19(18)22-13-25(21)24-20/h4-11,13-15H,12H2,1-3H3/t15-/m1/s1. The van der Waals surface area contributed by atoms with Gasteiger partial charge in [0.05, 0.1) is 5.52 Å². The molecule has 0 bridgehead atoms. The van der Waals surface area contributed by atoms with Gasteiger partial charge < -0.3 is 0 Å². The summed E-state index contributed by atoms with van der Waals surface area (Å²) in [6.45, 7) is 6.65. The van der Waals surface area contributed by atoms with Crippen LogP contribution in [0, 0.1) is 5.92 Å². The maximum Gasteiger partial charge on any atom is 0.166 e. The molecule has 4 aromatic rings. The van der Waals surface area contributed by atoms with Gasteiger partial charge in [-0.05, 0) is 35.6 Å². The molecule has 2 heterocycles. The Morgan fingerprint density at radius 1 is 0.960 bits per heavy atom. The van der Waals surface area contributed by atoms with Crippen LogP contribution in [-0.2, 0) is 6.42 Å². The van der Waals surface area contributed by atoms with Crippen LogP contribution in [0.15, 0.2) is 54.9 Å². The Hall–Kier alpha value is -2.75. The number of rotatable bonds is 4. The van der Waals surface area contributed by atoms with E-state index in [1.807, 2.05) is 24.3 Å². The first kappa shape index (κ1) is 15.8. The number of benzene rings is 2. The van der Waals surface area contributed by atoms with Crippen molar-refractivity contribution in [2.75, 3.05) is 0 Å². The van der Waals surface area contributed by atoms with E-state index >= 15 is 0 Å². The molecule has 0 radical (unpaired) electrons. The maximum atomic E-state index is 4.80. The molecule has 126 valence electrons. The first-order valence-corrected chi connectivity index (χ1v) is 8.80. The first-order chi connectivity index (χ1) is 12.1. The van der Waals surface area contributed by atoms with E-state index < -0.39 is 0 Å². The molecule has 0 spiro atoms. The Kier molecular flexibility index (Phi) is 3.96. The van der Waals surface area contributed by atoms with Crippen LogP contribution in [0.1, 0.15) is 43.6 Å². The van der Waals surface area contributed by atoms with Crippen molar-refractivity contribution in [3.8, 4) is 0 Å². The van der Waals surface area contributed by atoms with Crippen molar-refractivity contribution in [2.45, 2.75) is 33.1 Å². The average Bonchev–Trinajstić information content (AvgIpc) is 3.06. The van der Waals surface area contributed by atoms with Crippen LogP contribution in [0.5, 0.6) is 0 Å². The molecule has 1 atom stereocenters. The van der Waals surface area contributed by atoms with Crippen LogP contribution < -0.4 is 0 Å². The van der Waals surface area contributed by atoms with Crippen LogP contribution in [-0.4, -0.2) is 19.6 Å². The van der Waals surface area contributed by atoms with Crippen molar-refractivity contribution in [1.82, 2.24) is 19.6 Å². The van der Waals surface area contributed by atoms with Crippen molar-refractivity contribution in [3.63, 3.8) is 0 Å². The Labute approximate surface area is 147 Å². The Balaban J connectivity index is 1.70. The van der Waals surface area contributed by atoms with Gasteiger partial charge in [-0.1, -0.05) is 57.2 Å². The lowest BCUT2D eigenvalue weighted by molar-refractivity contribution is 0.647. The largest absolute Gasteiger partial charge is 0.236 e. The summed E-state index contributed by atoms with van der Waals surface area (Å²) in [5.41, 5.74) is 4.42. The molecule has 2 aromatic heterocycles. The van der Waals surface area contributed by atoms with Crippen molar-refractivity contribution in [3.05, 3.63) is 71.8 Å². The summed E-state index contributed by atoms with van der Waals surface area (Å²) in [6.07, 6.45) is 2.85. The summed E-state index contributed by atoms with van der Waals surface area (Å²) < 4.78 is 1.78. The summed E-state index contributed by atoms with van der Waals surface area (Å²) in [4.78, 5) is 9.25. The fraction of sp³-hybridized carbons (Fsp3) is 0.286. The zero-order valence-corrected chi connectivity index (χ0v) is 14.8. The van der Waals surface area contributed by atoms with E-state index in [2.05, 4.69) is 55.1 Å². The highest BCUT2D eigenvalue weighted by Gasteiger charge is 2.16. The van der Waals surface area contributed by atoms with Gasteiger partial charge in [-0.25, -0.2) is 14.5 Å². The number of nitrogens with zero attached hydrogens (tertiary/aromatic N) is 4. The highest BCUT2D eigenvalue weighted by Crippen LogP contribution is 2.24. The van der Waals surface area contributed by atoms with Gasteiger partial charge in [-0.2, -0.15) is 0 Å². The molecule has 4 rings (SSSR count). The fourth-order valence-corrected chi connectivity index (χ4v) is 3.24. The summed E-state index contributed by atoms with van der Waals surface area (Å²) in [6, 6.07) is 16.9. The fourth-order valence-electron chi connectivity index (χ4n) is 3.24. The molecule has 2 aromatic carbocycles. The van der Waals surface area contributed by atoms with E-state index in [-0.39, 0.29) is 5.92 Å². The molecule has 0 aliphatic heterocycles. The zero-order chi connectivity index (χ0) is 17.4. The second kappa shape index (κ2) is 6.28. The molecule has 4 heteroatoms. The lowest BCUT2D eigenvalue weighted by Crippen LogP contribution is -2.00. The zero-order valence-electron chi connectivity index (χ0n) is 14.8. The van der Waals surface area contributed by atoms with Crippen LogP contribution in [0.2, 0.25) is 0 Å². The van der Waals surface area contributed by atoms with Gasteiger partial charge in [0.25, 0.3) is 0 Å². The van der Waals surface area contributed by atoms with Crippen LogP contribution in [0.4, 0.5) is 0 Å². The van der Waals surface area contributed by atoms with Crippen LogP contribution in [0.25, 0.3) is 16.6 Å². The number of aromatic nitrogens is 4. The molecule has 0 aliphatic carbocycles. The minimum Gasteiger partial charge on any atom is -0.236 e. The van der Waals surface area contributed by atoms with Crippen LogP contribution >= 0.6 is 0 Å². The SMILES string of the molecule is CC(C)Cc1ccc([C@@H](C)c2nc3c4ccccc4ncn3n2)cc1. The van der Waals surface area contributed by atoms with E-state index in [1.54, 1.807) is 10.8 Å². The van der Waals surface area contributed by atoms with E-state index in [0.717, 1.165) is 28.8 Å². The molecule has 0 amide bonds. The predicted molar refractivity (Wildman–Crippen MR) is 101 cm³/mol. The number of hydrogen-bond acceptors (Lipinski definition) is 3. The summed E-state index contributed by atoms with van der Waals surface area (Å²) in [5, 5.41) is 5.68. The third kappa shape index (κ3) is 3.00. The molecular formula is C21H22N4. The minimum atomic E-state index is 0.145. The Morgan fingerprint density at radius 3 is 2.48 bits per heavy atom. The van der Waals surface area contributed by atoms with Gasteiger partial charge in [0.1, 0.15) is 6.33 Å². The molecule has 0 fully saturated rings. The van der Waals surface area contributed by atoms with Crippen LogP contribution in [0.3, 0.4) is 0 Å². The topological polar surface area (TPSA) is 43.1 Å². The summed E-state index contributed by atoms with van der Waals surface area (Å²) in [7, 11) is 0. The van der Waals surface area contributed by atoms with Gasteiger partial charge in [-0.3, -0.25) is 0 Å². The summed E-state index contributed by atoms with van der Waals surface area (Å²) in [5.74, 6) is 1.64. The van der Waals surface area contributed by atoms with Gasteiger partial charge in [0.2, 0.25) is 0 Å². The maximum absolute atomic E-state index is 4.80. The molecule has 0 N–H and O–H groups in total. The van der Waals surface area contributed by atoms with Crippen molar-refractivity contribution < 1.29 is 0 Å². The number of para-hydroxylation sites is 1. The Morgan fingerprint density at radius 2 is 1.72 bits per heavy atom. The van der Waals surface area contributed by atoms with Crippen molar-refractivity contribution in [1.29, 1.82) is 0 Å². The second-order valence-electron chi connectivity index (χ2n) is 7.06. The van der Waals surface area contributed by atoms with E-state index in [4.69, 9.17) is 4.98 Å². The average molecular weight is 330 g/mol. The number of fused-ring (bicyclic) bond motifs is 3. The molecular weight excluding hydrogens is 308 g/mol. The van der Waals surface area contributed by atoms with Crippen molar-refractivity contribution in [2.24, 2.45) is 5.92 Å². The van der Waals surface area contributed by atoms with Gasteiger partial charge in [-0.15, -0.1) is 5.10 Å². The normalized spacial score (nSPS) is 13.0. The smallest absolute Gasteiger partial charge is 0.166 e. The molecule has 0 saturated carbocycles. The minimum absolute atomic E-state index is 0.145.